The summed E-state index contributed by atoms with van der Waals surface area (Å²) >= 11 is 0. The van der Waals surface area contributed by atoms with Gasteiger partial charge in [-0.3, -0.25) is 4.90 Å². The highest BCUT2D eigenvalue weighted by atomic mass is 15.3. The summed E-state index contributed by atoms with van der Waals surface area (Å²) in [4.78, 5) is 13.5. The lowest BCUT2D eigenvalue weighted by atomic mass is 9.97. The van der Waals surface area contributed by atoms with Crippen molar-refractivity contribution in [1.29, 1.82) is 0 Å². The van der Waals surface area contributed by atoms with Crippen LogP contribution in [0.15, 0.2) is 18.5 Å². The van der Waals surface area contributed by atoms with Gasteiger partial charge in [0, 0.05) is 45.1 Å². The van der Waals surface area contributed by atoms with Crippen LogP contribution in [-0.4, -0.2) is 60.7 Å². The number of nitrogens with one attached hydrogen (secondary N) is 1. The predicted octanol–water partition coefficient (Wildman–Crippen LogP) is 0.454. The highest BCUT2D eigenvalue weighted by Crippen LogP contribution is 2.18. The number of nitrogens with zero attached hydrogens (tertiary/aromatic N) is 4. The van der Waals surface area contributed by atoms with Gasteiger partial charge < -0.3 is 10.2 Å². The molecular formula is C14H23N5. The number of anilines is 1. The van der Waals surface area contributed by atoms with Crippen LogP contribution in [0.5, 0.6) is 0 Å². The van der Waals surface area contributed by atoms with Gasteiger partial charge in [0.05, 0.1) is 0 Å². The zero-order valence-electron chi connectivity index (χ0n) is 11.6. The molecule has 0 radical (unpaired) electrons. The molecule has 0 bridgehead atoms. The third-order valence-electron chi connectivity index (χ3n) is 4.38. The Morgan fingerprint density at radius 1 is 1.16 bits per heavy atom. The van der Waals surface area contributed by atoms with Crippen LogP contribution in [0.25, 0.3) is 0 Å². The Kier molecular flexibility index (Phi) is 3.94. The molecule has 2 saturated heterocycles. The third kappa shape index (κ3) is 3.04. The molecular weight excluding hydrogens is 238 g/mol. The van der Waals surface area contributed by atoms with E-state index >= 15 is 0 Å². The fraction of sp³-hybridized carbons (Fsp3) is 0.714. The van der Waals surface area contributed by atoms with Crippen LogP contribution < -0.4 is 10.2 Å². The fourth-order valence-corrected chi connectivity index (χ4v) is 3.03. The van der Waals surface area contributed by atoms with Crippen molar-refractivity contribution in [2.24, 2.45) is 11.8 Å². The fourth-order valence-electron chi connectivity index (χ4n) is 3.03. The average molecular weight is 261 g/mol. The Balaban J connectivity index is 1.49. The summed E-state index contributed by atoms with van der Waals surface area (Å²) in [5, 5.41) is 3.49. The second-order valence-corrected chi connectivity index (χ2v) is 5.73. The molecule has 0 spiro atoms. The quantitative estimate of drug-likeness (QED) is 0.856. The summed E-state index contributed by atoms with van der Waals surface area (Å²) in [6.45, 7) is 10.3. The Morgan fingerprint density at radius 3 is 2.53 bits per heavy atom. The van der Waals surface area contributed by atoms with Crippen LogP contribution >= 0.6 is 0 Å². The largest absolute Gasteiger partial charge is 0.338 e. The van der Waals surface area contributed by atoms with Crippen molar-refractivity contribution in [3.8, 4) is 0 Å². The van der Waals surface area contributed by atoms with Crippen molar-refractivity contribution in [2.75, 3.05) is 50.7 Å². The van der Waals surface area contributed by atoms with Crippen molar-refractivity contribution in [3.05, 3.63) is 18.5 Å². The predicted molar refractivity (Wildman–Crippen MR) is 76.2 cm³/mol. The van der Waals surface area contributed by atoms with Crippen molar-refractivity contribution in [3.63, 3.8) is 0 Å². The van der Waals surface area contributed by atoms with Gasteiger partial charge in [-0.1, -0.05) is 6.92 Å². The van der Waals surface area contributed by atoms with Crippen molar-refractivity contribution < 1.29 is 0 Å². The topological polar surface area (TPSA) is 44.3 Å². The van der Waals surface area contributed by atoms with Gasteiger partial charge in [-0.2, -0.15) is 0 Å². The summed E-state index contributed by atoms with van der Waals surface area (Å²) in [5.41, 5.74) is 0. The summed E-state index contributed by atoms with van der Waals surface area (Å²) < 4.78 is 0. The molecule has 104 valence electrons. The van der Waals surface area contributed by atoms with Crippen LogP contribution in [0.2, 0.25) is 0 Å². The zero-order valence-corrected chi connectivity index (χ0v) is 11.6. The second-order valence-electron chi connectivity index (χ2n) is 5.73. The van der Waals surface area contributed by atoms with E-state index in [-0.39, 0.29) is 0 Å². The first-order chi connectivity index (χ1) is 9.33. The Labute approximate surface area is 115 Å². The molecule has 3 heterocycles. The van der Waals surface area contributed by atoms with E-state index < -0.39 is 0 Å². The molecule has 2 aliphatic rings. The highest BCUT2D eigenvalue weighted by Gasteiger charge is 2.27. The monoisotopic (exact) mass is 261 g/mol. The molecule has 0 aliphatic carbocycles. The van der Waals surface area contributed by atoms with Crippen LogP contribution in [0, 0.1) is 11.8 Å². The Morgan fingerprint density at radius 2 is 1.89 bits per heavy atom. The number of aromatic nitrogens is 2. The van der Waals surface area contributed by atoms with Gasteiger partial charge in [0.1, 0.15) is 0 Å². The van der Waals surface area contributed by atoms with E-state index in [0.717, 1.165) is 44.0 Å². The summed E-state index contributed by atoms with van der Waals surface area (Å²) in [6.07, 6.45) is 3.64. The number of rotatable bonds is 3. The lowest BCUT2D eigenvalue weighted by molar-refractivity contribution is 0.207. The van der Waals surface area contributed by atoms with E-state index in [1.165, 1.54) is 19.6 Å². The maximum absolute atomic E-state index is 4.33. The minimum atomic E-state index is 0.815. The molecule has 19 heavy (non-hydrogen) atoms. The lowest BCUT2D eigenvalue weighted by Gasteiger charge is -2.36. The average Bonchev–Trinajstić information content (AvgIpc) is 2.86. The van der Waals surface area contributed by atoms with Gasteiger partial charge >= 0.3 is 0 Å². The van der Waals surface area contributed by atoms with Crippen molar-refractivity contribution >= 4 is 5.95 Å². The minimum absolute atomic E-state index is 0.815. The second kappa shape index (κ2) is 5.84. The van der Waals surface area contributed by atoms with Crippen molar-refractivity contribution in [2.45, 2.75) is 6.92 Å². The van der Waals surface area contributed by atoms with Gasteiger partial charge in [0.15, 0.2) is 0 Å². The van der Waals surface area contributed by atoms with Crippen LogP contribution in [0.3, 0.4) is 0 Å². The molecule has 1 aromatic rings. The van der Waals surface area contributed by atoms with Gasteiger partial charge in [0.25, 0.3) is 0 Å². The van der Waals surface area contributed by atoms with Crippen LogP contribution in [0.4, 0.5) is 5.95 Å². The summed E-state index contributed by atoms with van der Waals surface area (Å²) in [5.74, 6) is 2.51. The molecule has 0 saturated carbocycles. The molecule has 1 N–H and O–H groups in total. The Hall–Kier alpha value is -1.20. The van der Waals surface area contributed by atoms with E-state index in [1.54, 1.807) is 0 Å². The summed E-state index contributed by atoms with van der Waals surface area (Å²) in [7, 11) is 0. The number of hydrogen-bond donors (Lipinski definition) is 1. The maximum Gasteiger partial charge on any atom is 0.225 e. The molecule has 2 atom stereocenters. The lowest BCUT2D eigenvalue weighted by Crippen LogP contribution is -2.48. The smallest absolute Gasteiger partial charge is 0.225 e. The standard InChI is InChI=1S/C14H23N5/c1-12-9-15-10-13(12)11-18-5-7-19(8-6-18)14-16-3-2-4-17-14/h2-4,12-13,15H,5-11H2,1H3. The van der Waals surface area contributed by atoms with E-state index in [0.29, 0.717) is 0 Å². The van der Waals surface area contributed by atoms with E-state index in [1.807, 2.05) is 18.5 Å². The summed E-state index contributed by atoms with van der Waals surface area (Å²) in [6, 6.07) is 1.87. The molecule has 0 aromatic carbocycles. The molecule has 2 fully saturated rings. The van der Waals surface area contributed by atoms with Gasteiger partial charge in [-0.15, -0.1) is 0 Å². The van der Waals surface area contributed by atoms with Crippen LogP contribution in [-0.2, 0) is 0 Å². The van der Waals surface area contributed by atoms with Gasteiger partial charge in [-0.25, -0.2) is 9.97 Å². The van der Waals surface area contributed by atoms with Gasteiger partial charge in [0.2, 0.25) is 5.95 Å². The molecule has 2 aliphatic heterocycles. The number of hydrogen-bond acceptors (Lipinski definition) is 5. The van der Waals surface area contributed by atoms with Crippen LogP contribution in [0.1, 0.15) is 6.92 Å². The molecule has 1 aromatic heterocycles. The Bertz CT molecular complexity index is 388. The third-order valence-corrected chi connectivity index (χ3v) is 4.38. The molecule has 3 rings (SSSR count). The zero-order chi connectivity index (χ0) is 13.1. The molecule has 5 heteroatoms. The van der Waals surface area contributed by atoms with E-state index in [2.05, 4.69) is 32.0 Å². The first-order valence-corrected chi connectivity index (χ1v) is 7.28. The minimum Gasteiger partial charge on any atom is -0.338 e. The first kappa shape index (κ1) is 12.8. The molecule has 2 unspecified atom stereocenters. The number of piperazine rings is 1. The van der Waals surface area contributed by atoms with Gasteiger partial charge in [-0.05, 0) is 31.0 Å². The molecule has 0 amide bonds. The SMILES string of the molecule is CC1CNCC1CN1CCN(c2ncccn2)CC1. The highest BCUT2D eigenvalue weighted by molar-refractivity contribution is 5.29. The molecule has 5 nitrogen and oxygen atoms in total. The first-order valence-electron chi connectivity index (χ1n) is 7.28. The van der Waals surface area contributed by atoms with Crippen molar-refractivity contribution in [1.82, 2.24) is 20.2 Å². The normalized spacial score (nSPS) is 28.8. The van der Waals surface area contributed by atoms with E-state index in [4.69, 9.17) is 0 Å². The maximum atomic E-state index is 4.33. The van der Waals surface area contributed by atoms with E-state index in [9.17, 15) is 0 Å².